The van der Waals surface area contributed by atoms with Crippen LogP contribution in [0.1, 0.15) is 41.5 Å². The summed E-state index contributed by atoms with van der Waals surface area (Å²) in [6, 6.07) is 1.53. The standard InChI is InChI=1S/C14H28NO2.ClH/c1-8-14(16)17-10-9-15(11(2)3,12(4)5)13(6)7;/h8,11-13H,1,9-10H2,2-7H3;1H/q+1;/p-1. The maximum absolute atomic E-state index is 11.1. The average Bonchev–Trinajstić information content (AvgIpc) is 2.22. The molecule has 0 unspecified atom stereocenters. The number of carbonyl (C=O) groups excluding carboxylic acids is 1. The lowest BCUT2D eigenvalue weighted by Crippen LogP contribution is -3.00. The van der Waals surface area contributed by atoms with E-state index in [-0.39, 0.29) is 18.4 Å². The summed E-state index contributed by atoms with van der Waals surface area (Å²) >= 11 is 0. The molecule has 108 valence electrons. The summed E-state index contributed by atoms with van der Waals surface area (Å²) in [7, 11) is 0. The minimum Gasteiger partial charge on any atom is -1.00 e. The zero-order chi connectivity index (χ0) is 13.6. The number of hydrogen-bond acceptors (Lipinski definition) is 2. The molecule has 0 aromatic heterocycles. The first-order chi connectivity index (χ1) is 7.78. The predicted octanol–water partition coefficient (Wildman–Crippen LogP) is -0.238. The summed E-state index contributed by atoms with van der Waals surface area (Å²) in [5.74, 6) is -0.334. The molecule has 0 amide bonds. The summed E-state index contributed by atoms with van der Waals surface area (Å²) < 4.78 is 6.09. The van der Waals surface area contributed by atoms with Gasteiger partial charge in [-0.05, 0) is 41.5 Å². The van der Waals surface area contributed by atoms with Gasteiger partial charge in [-0.25, -0.2) is 4.79 Å². The number of hydrogen-bond donors (Lipinski definition) is 0. The number of rotatable bonds is 7. The zero-order valence-corrected chi connectivity index (χ0v) is 13.3. The highest BCUT2D eigenvalue weighted by Crippen LogP contribution is 2.23. The number of halogens is 1. The first kappa shape index (κ1) is 19.8. The first-order valence-electron chi connectivity index (χ1n) is 6.45. The number of quaternary nitrogens is 1. The van der Waals surface area contributed by atoms with E-state index in [9.17, 15) is 4.79 Å². The van der Waals surface area contributed by atoms with Crippen molar-refractivity contribution in [2.75, 3.05) is 13.2 Å². The van der Waals surface area contributed by atoms with E-state index in [2.05, 4.69) is 48.1 Å². The van der Waals surface area contributed by atoms with Gasteiger partial charge >= 0.3 is 5.97 Å². The third kappa shape index (κ3) is 4.62. The Bertz CT molecular complexity index is 241. The third-order valence-corrected chi connectivity index (χ3v) is 3.77. The Labute approximate surface area is 118 Å². The minimum atomic E-state index is -0.334. The number of nitrogens with zero attached hydrogens (tertiary/aromatic N) is 1. The van der Waals surface area contributed by atoms with Crippen LogP contribution in [0.5, 0.6) is 0 Å². The minimum absolute atomic E-state index is 0. The Morgan fingerprint density at radius 3 is 1.78 bits per heavy atom. The maximum Gasteiger partial charge on any atom is 0.330 e. The SMILES string of the molecule is C=CC(=O)OCC[N+](C(C)C)(C(C)C)C(C)C.[Cl-]. The molecule has 0 atom stereocenters. The van der Waals surface area contributed by atoms with Crippen molar-refractivity contribution in [2.24, 2.45) is 0 Å². The lowest BCUT2D eigenvalue weighted by atomic mass is 10.1. The van der Waals surface area contributed by atoms with Crippen molar-refractivity contribution in [3.63, 3.8) is 0 Å². The molecule has 0 N–H and O–H groups in total. The average molecular weight is 278 g/mol. The molecule has 18 heavy (non-hydrogen) atoms. The van der Waals surface area contributed by atoms with E-state index >= 15 is 0 Å². The van der Waals surface area contributed by atoms with Crippen LogP contribution in [0.25, 0.3) is 0 Å². The van der Waals surface area contributed by atoms with Gasteiger partial charge in [0.1, 0.15) is 13.2 Å². The fourth-order valence-electron chi connectivity index (χ4n) is 2.93. The fourth-order valence-corrected chi connectivity index (χ4v) is 2.93. The molecular formula is C14H28ClNO2. The smallest absolute Gasteiger partial charge is 0.330 e. The van der Waals surface area contributed by atoms with Crippen molar-refractivity contribution in [3.05, 3.63) is 12.7 Å². The van der Waals surface area contributed by atoms with Crippen LogP contribution in [-0.2, 0) is 9.53 Å². The van der Waals surface area contributed by atoms with Crippen molar-refractivity contribution >= 4 is 5.97 Å². The molecule has 0 aliphatic heterocycles. The fraction of sp³-hybridized carbons (Fsp3) is 0.786. The van der Waals surface area contributed by atoms with E-state index in [1.165, 1.54) is 6.08 Å². The largest absolute Gasteiger partial charge is 1.00 e. The summed E-state index contributed by atoms with van der Waals surface area (Å²) in [5, 5.41) is 0. The molecule has 4 heteroatoms. The molecule has 0 saturated heterocycles. The molecule has 0 aliphatic carbocycles. The second-order valence-corrected chi connectivity index (χ2v) is 5.37. The molecule has 0 spiro atoms. The Kier molecular flexibility index (Phi) is 9.39. The van der Waals surface area contributed by atoms with E-state index < -0.39 is 0 Å². The third-order valence-electron chi connectivity index (χ3n) is 3.77. The monoisotopic (exact) mass is 277 g/mol. The Morgan fingerprint density at radius 2 is 1.50 bits per heavy atom. The van der Waals surface area contributed by atoms with Gasteiger partial charge in [0.05, 0.1) is 18.1 Å². The Balaban J connectivity index is 0. The summed E-state index contributed by atoms with van der Waals surface area (Å²) in [4.78, 5) is 11.1. The van der Waals surface area contributed by atoms with E-state index in [0.717, 1.165) is 11.0 Å². The van der Waals surface area contributed by atoms with Crippen LogP contribution in [0.4, 0.5) is 0 Å². The van der Waals surface area contributed by atoms with Gasteiger partial charge in [0.25, 0.3) is 0 Å². The van der Waals surface area contributed by atoms with E-state index in [1.54, 1.807) is 0 Å². The number of esters is 1. The van der Waals surface area contributed by atoms with Gasteiger partial charge in [-0.15, -0.1) is 0 Å². The van der Waals surface area contributed by atoms with Crippen molar-refractivity contribution < 1.29 is 26.4 Å². The van der Waals surface area contributed by atoms with Crippen LogP contribution < -0.4 is 12.4 Å². The van der Waals surface area contributed by atoms with Crippen molar-refractivity contribution in [1.82, 2.24) is 0 Å². The maximum atomic E-state index is 11.1. The van der Waals surface area contributed by atoms with Crippen LogP contribution in [0.3, 0.4) is 0 Å². The molecule has 0 heterocycles. The van der Waals surface area contributed by atoms with Gasteiger partial charge in [0.15, 0.2) is 0 Å². The van der Waals surface area contributed by atoms with Gasteiger partial charge in [-0.2, -0.15) is 0 Å². The number of ether oxygens (including phenoxy) is 1. The zero-order valence-electron chi connectivity index (χ0n) is 12.6. The molecule has 0 radical (unpaired) electrons. The lowest BCUT2D eigenvalue weighted by molar-refractivity contribution is -0.985. The summed E-state index contributed by atoms with van der Waals surface area (Å²) in [6.45, 7) is 18.1. The van der Waals surface area contributed by atoms with Gasteiger partial charge in [0, 0.05) is 6.08 Å². The normalized spacial score (nSPS) is 11.6. The first-order valence-corrected chi connectivity index (χ1v) is 6.45. The molecule has 0 rings (SSSR count). The molecule has 0 saturated carbocycles. The van der Waals surface area contributed by atoms with Crippen LogP contribution >= 0.6 is 0 Å². The second kappa shape index (κ2) is 8.54. The second-order valence-electron chi connectivity index (χ2n) is 5.37. The van der Waals surface area contributed by atoms with Crippen LogP contribution in [0, 0.1) is 0 Å². The highest BCUT2D eigenvalue weighted by Gasteiger charge is 2.37. The van der Waals surface area contributed by atoms with Crippen LogP contribution in [-0.4, -0.2) is 41.7 Å². The molecule has 0 fully saturated rings. The van der Waals surface area contributed by atoms with E-state index in [4.69, 9.17) is 4.74 Å². The van der Waals surface area contributed by atoms with Gasteiger partial charge < -0.3 is 21.6 Å². The highest BCUT2D eigenvalue weighted by atomic mass is 35.5. The molecular weight excluding hydrogens is 250 g/mol. The number of carbonyl (C=O) groups is 1. The van der Waals surface area contributed by atoms with Gasteiger partial charge in [0.2, 0.25) is 0 Å². The van der Waals surface area contributed by atoms with Crippen LogP contribution in [0.2, 0.25) is 0 Å². The molecule has 0 bridgehead atoms. The Morgan fingerprint density at radius 1 is 1.11 bits per heavy atom. The summed E-state index contributed by atoms with van der Waals surface area (Å²) in [6.07, 6.45) is 1.22. The lowest BCUT2D eigenvalue weighted by Gasteiger charge is -2.49. The topological polar surface area (TPSA) is 26.3 Å². The van der Waals surface area contributed by atoms with E-state index in [1.807, 2.05) is 0 Å². The van der Waals surface area contributed by atoms with Crippen molar-refractivity contribution in [3.8, 4) is 0 Å². The Hall–Kier alpha value is -0.540. The van der Waals surface area contributed by atoms with Crippen molar-refractivity contribution in [1.29, 1.82) is 0 Å². The molecule has 3 nitrogen and oxygen atoms in total. The molecule has 0 aliphatic rings. The predicted molar refractivity (Wildman–Crippen MR) is 71.7 cm³/mol. The van der Waals surface area contributed by atoms with Gasteiger partial charge in [-0.3, -0.25) is 0 Å². The van der Waals surface area contributed by atoms with Gasteiger partial charge in [-0.1, -0.05) is 6.58 Å². The quantitative estimate of drug-likeness (QED) is 0.365. The highest BCUT2D eigenvalue weighted by molar-refractivity contribution is 5.81. The molecule has 0 aromatic rings. The van der Waals surface area contributed by atoms with Crippen LogP contribution in [0.15, 0.2) is 12.7 Å². The van der Waals surface area contributed by atoms with Crippen molar-refractivity contribution in [2.45, 2.75) is 59.7 Å². The van der Waals surface area contributed by atoms with E-state index in [0.29, 0.717) is 24.7 Å². The summed E-state index contributed by atoms with van der Waals surface area (Å²) in [5.41, 5.74) is 0. The molecule has 0 aromatic carbocycles.